The molecule has 0 amide bonds. The molecule has 5 aliphatic rings. The molecular formula is C13H16. The van der Waals surface area contributed by atoms with Gasteiger partial charge < -0.3 is 0 Å². The van der Waals surface area contributed by atoms with Crippen molar-refractivity contribution in [2.75, 3.05) is 0 Å². The van der Waals surface area contributed by atoms with Crippen molar-refractivity contribution in [2.45, 2.75) is 25.7 Å². The number of rotatable bonds is 0. The van der Waals surface area contributed by atoms with Gasteiger partial charge in [-0.1, -0.05) is 11.6 Å². The van der Waals surface area contributed by atoms with Crippen molar-refractivity contribution in [3.05, 3.63) is 11.6 Å². The van der Waals surface area contributed by atoms with Gasteiger partial charge in [-0.05, 0) is 67.1 Å². The molecule has 13 heavy (non-hydrogen) atoms. The topological polar surface area (TPSA) is 0 Å². The van der Waals surface area contributed by atoms with Crippen molar-refractivity contribution in [2.24, 2.45) is 41.4 Å². The van der Waals surface area contributed by atoms with Crippen LogP contribution in [0.25, 0.3) is 0 Å². The molecule has 68 valence electrons. The van der Waals surface area contributed by atoms with Crippen molar-refractivity contribution >= 4 is 0 Å². The molecule has 0 N–H and O–H groups in total. The van der Waals surface area contributed by atoms with Gasteiger partial charge in [-0.15, -0.1) is 0 Å². The lowest BCUT2D eigenvalue weighted by Crippen LogP contribution is -2.20. The summed E-state index contributed by atoms with van der Waals surface area (Å²) in [6.45, 7) is 0. The molecule has 0 bridgehead atoms. The highest BCUT2D eigenvalue weighted by Crippen LogP contribution is 2.74. The minimum Gasteiger partial charge on any atom is -0.0845 e. The molecule has 7 unspecified atom stereocenters. The Morgan fingerprint density at radius 1 is 0.923 bits per heavy atom. The van der Waals surface area contributed by atoms with Gasteiger partial charge in [0.25, 0.3) is 0 Å². The third kappa shape index (κ3) is 0.610. The van der Waals surface area contributed by atoms with Crippen LogP contribution in [0.1, 0.15) is 25.7 Å². The van der Waals surface area contributed by atoms with Gasteiger partial charge in [0.15, 0.2) is 0 Å². The van der Waals surface area contributed by atoms with E-state index in [0.29, 0.717) is 0 Å². The zero-order chi connectivity index (χ0) is 8.15. The molecule has 4 saturated carbocycles. The van der Waals surface area contributed by atoms with Crippen LogP contribution in [0.5, 0.6) is 0 Å². The molecule has 0 aromatic rings. The lowest BCUT2D eigenvalue weighted by molar-refractivity contribution is 0.346. The summed E-state index contributed by atoms with van der Waals surface area (Å²) in [7, 11) is 0. The summed E-state index contributed by atoms with van der Waals surface area (Å²) in [5, 5.41) is 0. The molecule has 0 nitrogen and oxygen atoms in total. The molecule has 7 atom stereocenters. The van der Waals surface area contributed by atoms with Crippen molar-refractivity contribution < 1.29 is 0 Å². The molecule has 5 rings (SSSR count). The van der Waals surface area contributed by atoms with Crippen LogP contribution in [0.15, 0.2) is 11.6 Å². The number of fused-ring (bicyclic) bond motifs is 8. The molecule has 0 spiro atoms. The maximum Gasteiger partial charge on any atom is -0.0138 e. The van der Waals surface area contributed by atoms with Gasteiger partial charge in [-0.2, -0.15) is 0 Å². The van der Waals surface area contributed by atoms with E-state index in [1.165, 1.54) is 30.1 Å². The number of hydrogen-bond donors (Lipinski definition) is 0. The third-order valence-electron chi connectivity index (χ3n) is 5.65. The number of allylic oxidation sites excluding steroid dienone is 2. The summed E-state index contributed by atoms with van der Waals surface area (Å²) < 4.78 is 0. The molecule has 4 fully saturated rings. The molecule has 0 aromatic carbocycles. The van der Waals surface area contributed by atoms with Gasteiger partial charge in [-0.25, -0.2) is 0 Å². The Morgan fingerprint density at radius 2 is 1.92 bits per heavy atom. The Hall–Kier alpha value is -0.260. The van der Waals surface area contributed by atoms with Crippen molar-refractivity contribution in [1.82, 2.24) is 0 Å². The van der Waals surface area contributed by atoms with Gasteiger partial charge >= 0.3 is 0 Å². The highest BCUT2D eigenvalue weighted by atomic mass is 14.7. The second-order valence-electron chi connectivity index (χ2n) is 6.19. The van der Waals surface area contributed by atoms with Crippen LogP contribution in [0, 0.1) is 41.4 Å². The van der Waals surface area contributed by atoms with Gasteiger partial charge in [0.2, 0.25) is 0 Å². The Labute approximate surface area is 79.4 Å². The van der Waals surface area contributed by atoms with E-state index in [1.54, 1.807) is 19.3 Å². The van der Waals surface area contributed by atoms with Gasteiger partial charge in [0, 0.05) is 0 Å². The summed E-state index contributed by atoms with van der Waals surface area (Å²) in [6, 6.07) is 0. The lowest BCUT2D eigenvalue weighted by atomic mass is 9.77. The Kier molecular flexibility index (Phi) is 0.790. The number of hydrogen-bond acceptors (Lipinski definition) is 0. The fourth-order valence-corrected chi connectivity index (χ4v) is 4.83. The van der Waals surface area contributed by atoms with Crippen LogP contribution in [0.4, 0.5) is 0 Å². The minimum absolute atomic E-state index is 1.11. The monoisotopic (exact) mass is 172 g/mol. The van der Waals surface area contributed by atoms with Crippen LogP contribution in [-0.4, -0.2) is 0 Å². The smallest absolute Gasteiger partial charge is 0.0138 e. The average Bonchev–Trinajstić information content (AvgIpc) is 2.96. The molecule has 5 aliphatic carbocycles. The maximum atomic E-state index is 2.66. The second kappa shape index (κ2) is 1.64. The van der Waals surface area contributed by atoms with E-state index >= 15 is 0 Å². The fourth-order valence-electron chi connectivity index (χ4n) is 4.83. The van der Waals surface area contributed by atoms with Crippen molar-refractivity contribution in [3.8, 4) is 0 Å². The van der Waals surface area contributed by atoms with Crippen LogP contribution in [0.2, 0.25) is 0 Å². The van der Waals surface area contributed by atoms with E-state index in [0.717, 1.165) is 17.8 Å². The Balaban J connectivity index is 1.66. The second-order valence-corrected chi connectivity index (χ2v) is 6.19. The normalized spacial score (nSPS) is 69.5. The van der Waals surface area contributed by atoms with Crippen LogP contribution < -0.4 is 0 Å². The lowest BCUT2D eigenvalue weighted by Gasteiger charge is -2.28. The Morgan fingerprint density at radius 3 is 2.92 bits per heavy atom. The molecule has 0 heterocycles. The minimum atomic E-state index is 1.11. The highest BCUT2D eigenvalue weighted by molar-refractivity contribution is 5.34. The van der Waals surface area contributed by atoms with Crippen LogP contribution in [0.3, 0.4) is 0 Å². The largest absolute Gasteiger partial charge is 0.0845 e. The first-order chi connectivity index (χ1) is 6.43. The molecule has 0 radical (unpaired) electrons. The van der Waals surface area contributed by atoms with E-state index in [2.05, 4.69) is 6.08 Å². The first-order valence-corrected chi connectivity index (χ1v) is 6.13. The first-order valence-electron chi connectivity index (χ1n) is 6.13. The quantitative estimate of drug-likeness (QED) is 0.493. The summed E-state index contributed by atoms with van der Waals surface area (Å²) in [4.78, 5) is 0. The molecule has 0 aliphatic heterocycles. The van der Waals surface area contributed by atoms with Gasteiger partial charge in [-0.3, -0.25) is 0 Å². The van der Waals surface area contributed by atoms with Crippen molar-refractivity contribution in [3.63, 3.8) is 0 Å². The fraction of sp³-hybridized carbons (Fsp3) is 0.846. The van der Waals surface area contributed by atoms with E-state index in [1.807, 2.05) is 5.57 Å². The van der Waals surface area contributed by atoms with Crippen LogP contribution >= 0.6 is 0 Å². The highest BCUT2D eigenvalue weighted by Gasteiger charge is 2.67. The third-order valence-corrected chi connectivity index (χ3v) is 5.65. The zero-order valence-electron chi connectivity index (χ0n) is 7.95. The summed E-state index contributed by atoms with van der Waals surface area (Å²) >= 11 is 0. The van der Waals surface area contributed by atoms with Crippen molar-refractivity contribution in [1.29, 1.82) is 0 Å². The predicted molar refractivity (Wildman–Crippen MR) is 51.0 cm³/mol. The summed E-state index contributed by atoms with van der Waals surface area (Å²) in [6.07, 6.45) is 8.91. The summed E-state index contributed by atoms with van der Waals surface area (Å²) in [5.74, 6) is 8.13. The molecule has 0 heteroatoms. The average molecular weight is 172 g/mol. The molecular weight excluding hydrogens is 156 g/mol. The SMILES string of the molecule is C1=C2C3CC3C3CC3C2C2CC2C1. The van der Waals surface area contributed by atoms with Gasteiger partial charge in [0.1, 0.15) is 0 Å². The van der Waals surface area contributed by atoms with Crippen LogP contribution in [-0.2, 0) is 0 Å². The van der Waals surface area contributed by atoms with E-state index in [9.17, 15) is 0 Å². The maximum absolute atomic E-state index is 2.66. The van der Waals surface area contributed by atoms with E-state index < -0.39 is 0 Å². The molecule has 0 saturated heterocycles. The molecule has 0 aromatic heterocycles. The zero-order valence-corrected chi connectivity index (χ0v) is 7.95. The summed E-state index contributed by atoms with van der Waals surface area (Å²) in [5.41, 5.74) is 1.96. The predicted octanol–water partition coefficient (Wildman–Crippen LogP) is 2.85. The first kappa shape index (κ1) is 6.27. The standard InChI is InChI=1S/C13H16/c1-2-7-9-4-10(9)11-5-12(11)13(7)8-3-6(1)8/h2,6,8-13H,1,3-5H2. The Bertz CT molecular complexity index is 327. The van der Waals surface area contributed by atoms with E-state index in [-0.39, 0.29) is 0 Å². The van der Waals surface area contributed by atoms with Gasteiger partial charge in [0.05, 0.1) is 0 Å². The van der Waals surface area contributed by atoms with E-state index in [4.69, 9.17) is 0 Å².